The van der Waals surface area contributed by atoms with E-state index in [1.54, 1.807) is 0 Å². The van der Waals surface area contributed by atoms with Gasteiger partial charge in [-0.1, -0.05) is 6.42 Å². The minimum absolute atomic E-state index is 0. The molecule has 3 atom stereocenters. The van der Waals surface area contributed by atoms with E-state index in [9.17, 15) is 5.11 Å². The smallest absolute Gasteiger partial charge is 0.0490 e. The van der Waals surface area contributed by atoms with Gasteiger partial charge in [0.2, 0.25) is 0 Å². The van der Waals surface area contributed by atoms with Crippen LogP contribution in [-0.2, 0) is 0 Å². The summed E-state index contributed by atoms with van der Waals surface area (Å²) in [4.78, 5) is 0. The summed E-state index contributed by atoms with van der Waals surface area (Å²) in [6.07, 6.45) is 6.03. The standard InChI is InChI=1S/C9H17NO.ClH/c10-8-4-7-2-1-3-9(7,5-8)6-11;/h7-8,11H,1-6,10H2;1H/t7-,8+,9+;/m0./s1. The van der Waals surface area contributed by atoms with Gasteiger partial charge in [-0.2, -0.15) is 0 Å². The van der Waals surface area contributed by atoms with Crippen molar-refractivity contribution in [3.63, 3.8) is 0 Å². The van der Waals surface area contributed by atoms with Crippen molar-refractivity contribution in [3.8, 4) is 0 Å². The second-order valence-electron chi connectivity index (χ2n) is 4.31. The molecule has 2 aliphatic carbocycles. The van der Waals surface area contributed by atoms with Crippen molar-refractivity contribution in [2.45, 2.75) is 38.1 Å². The molecule has 0 bridgehead atoms. The van der Waals surface area contributed by atoms with Crippen LogP contribution < -0.4 is 5.73 Å². The van der Waals surface area contributed by atoms with E-state index >= 15 is 0 Å². The lowest BCUT2D eigenvalue weighted by Crippen LogP contribution is -2.26. The largest absolute Gasteiger partial charge is 0.396 e. The molecular weight excluding hydrogens is 174 g/mol. The van der Waals surface area contributed by atoms with Crippen LogP contribution in [0.4, 0.5) is 0 Å². The van der Waals surface area contributed by atoms with Crippen LogP contribution in [0.5, 0.6) is 0 Å². The lowest BCUT2D eigenvalue weighted by Gasteiger charge is -2.26. The van der Waals surface area contributed by atoms with E-state index in [4.69, 9.17) is 5.73 Å². The van der Waals surface area contributed by atoms with Crippen molar-refractivity contribution in [1.82, 2.24) is 0 Å². The zero-order valence-electron chi connectivity index (χ0n) is 7.33. The van der Waals surface area contributed by atoms with E-state index in [0.29, 0.717) is 12.6 Å². The Morgan fingerprint density at radius 3 is 2.83 bits per heavy atom. The summed E-state index contributed by atoms with van der Waals surface area (Å²) >= 11 is 0. The van der Waals surface area contributed by atoms with Gasteiger partial charge in [0.15, 0.2) is 0 Å². The Morgan fingerprint density at radius 2 is 2.25 bits per heavy atom. The molecule has 0 spiro atoms. The minimum atomic E-state index is 0. The second kappa shape index (κ2) is 3.52. The van der Waals surface area contributed by atoms with Crippen molar-refractivity contribution in [3.05, 3.63) is 0 Å². The number of rotatable bonds is 1. The molecule has 72 valence electrons. The van der Waals surface area contributed by atoms with E-state index in [-0.39, 0.29) is 17.8 Å². The Hall–Kier alpha value is 0.210. The first kappa shape index (κ1) is 10.3. The highest BCUT2D eigenvalue weighted by Crippen LogP contribution is 2.53. The first-order valence-electron chi connectivity index (χ1n) is 4.63. The molecule has 0 aromatic heterocycles. The summed E-state index contributed by atoms with van der Waals surface area (Å²) < 4.78 is 0. The highest BCUT2D eigenvalue weighted by molar-refractivity contribution is 5.85. The number of fused-ring (bicyclic) bond motifs is 1. The molecule has 2 aliphatic rings. The molecule has 0 aromatic rings. The highest BCUT2D eigenvalue weighted by atomic mass is 35.5. The lowest BCUT2D eigenvalue weighted by atomic mass is 9.81. The monoisotopic (exact) mass is 191 g/mol. The van der Waals surface area contributed by atoms with Gasteiger partial charge in [-0.05, 0) is 37.0 Å². The third-order valence-electron chi connectivity index (χ3n) is 3.66. The summed E-state index contributed by atoms with van der Waals surface area (Å²) in [5, 5.41) is 9.29. The quantitative estimate of drug-likeness (QED) is 0.657. The first-order chi connectivity index (χ1) is 5.27. The average molecular weight is 192 g/mol. The molecule has 0 radical (unpaired) electrons. The number of aliphatic hydroxyl groups excluding tert-OH is 1. The molecule has 0 aliphatic heterocycles. The second-order valence-corrected chi connectivity index (χ2v) is 4.31. The fraction of sp³-hybridized carbons (Fsp3) is 1.00. The van der Waals surface area contributed by atoms with E-state index in [1.807, 2.05) is 0 Å². The molecule has 2 nitrogen and oxygen atoms in total. The van der Waals surface area contributed by atoms with Gasteiger partial charge >= 0.3 is 0 Å². The van der Waals surface area contributed by atoms with Crippen LogP contribution in [0.1, 0.15) is 32.1 Å². The van der Waals surface area contributed by atoms with Crippen LogP contribution in [0.3, 0.4) is 0 Å². The van der Waals surface area contributed by atoms with Crippen LogP contribution in [0.2, 0.25) is 0 Å². The maximum atomic E-state index is 9.29. The van der Waals surface area contributed by atoms with E-state index in [1.165, 1.54) is 19.3 Å². The van der Waals surface area contributed by atoms with Crippen LogP contribution in [0, 0.1) is 11.3 Å². The topological polar surface area (TPSA) is 46.2 Å². The number of aliphatic hydroxyl groups is 1. The number of hydrogen-bond acceptors (Lipinski definition) is 2. The summed E-state index contributed by atoms with van der Waals surface area (Å²) in [6.45, 7) is 0.366. The molecule has 0 saturated heterocycles. The van der Waals surface area contributed by atoms with Gasteiger partial charge in [-0.25, -0.2) is 0 Å². The molecule has 0 aromatic carbocycles. The molecule has 12 heavy (non-hydrogen) atoms. The molecule has 2 saturated carbocycles. The fourth-order valence-electron chi connectivity index (χ4n) is 3.09. The molecule has 3 heteroatoms. The molecule has 0 unspecified atom stereocenters. The number of hydrogen-bond donors (Lipinski definition) is 2. The summed E-state index contributed by atoms with van der Waals surface area (Å²) in [6, 6.07) is 0.368. The predicted molar refractivity (Wildman–Crippen MR) is 51.3 cm³/mol. The Morgan fingerprint density at radius 1 is 1.50 bits per heavy atom. The normalized spacial score (nSPS) is 45.5. The van der Waals surface area contributed by atoms with Crippen molar-refractivity contribution in [1.29, 1.82) is 0 Å². The lowest BCUT2D eigenvalue weighted by molar-refractivity contribution is 0.105. The van der Waals surface area contributed by atoms with Gasteiger partial charge in [0.1, 0.15) is 0 Å². The zero-order valence-corrected chi connectivity index (χ0v) is 8.15. The van der Waals surface area contributed by atoms with Gasteiger partial charge in [0, 0.05) is 12.6 Å². The van der Waals surface area contributed by atoms with Gasteiger partial charge in [0.05, 0.1) is 0 Å². The predicted octanol–water partition coefficient (Wildman–Crippen LogP) is 1.31. The molecule has 0 amide bonds. The molecule has 3 N–H and O–H groups in total. The molecule has 2 rings (SSSR count). The number of nitrogens with two attached hydrogens (primary N) is 1. The molecule has 2 fully saturated rings. The Labute approximate surface area is 79.9 Å². The molecule has 0 heterocycles. The Bertz CT molecular complexity index is 165. The Kier molecular flexibility index (Phi) is 3.02. The highest BCUT2D eigenvalue weighted by Gasteiger charge is 2.48. The SMILES string of the molecule is Cl.N[C@@H]1C[C@@H]2CCC[C@]2(CO)C1. The third-order valence-corrected chi connectivity index (χ3v) is 3.66. The number of halogens is 1. The minimum Gasteiger partial charge on any atom is -0.396 e. The molecular formula is C9H18ClNO. The fourth-order valence-corrected chi connectivity index (χ4v) is 3.09. The van der Waals surface area contributed by atoms with Gasteiger partial charge in [-0.3, -0.25) is 0 Å². The average Bonchev–Trinajstić information content (AvgIpc) is 2.43. The first-order valence-corrected chi connectivity index (χ1v) is 4.63. The van der Waals surface area contributed by atoms with Gasteiger partial charge in [0.25, 0.3) is 0 Å². The third kappa shape index (κ3) is 1.36. The van der Waals surface area contributed by atoms with Crippen molar-refractivity contribution in [2.24, 2.45) is 17.1 Å². The zero-order chi connectivity index (χ0) is 7.90. The van der Waals surface area contributed by atoms with Crippen molar-refractivity contribution >= 4 is 12.4 Å². The van der Waals surface area contributed by atoms with Gasteiger partial charge < -0.3 is 10.8 Å². The maximum absolute atomic E-state index is 9.29. The maximum Gasteiger partial charge on any atom is 0.0490 e. The van der Waals surface area contributed by atoms with Crippen molar-refractivity contribution in [2.75, 3.05) is 6.61 Å². The van der Waals surface area contributed by atoms with Crippen molar-refractivity contribution < 1.29 is 5.11 Å². The van der Waals surface area contributed by atoms with E-state index < -0.39 is 0 Å². The van der Waals surface area contributed by atoms with Gasteiger partial charge in [-0.15, -0.1) is 12.4 Å². The van der Waals surface area contributed by atoms with Crippen LogP contribution in [-0.4, -0.2) is 17.8 Å². The Balaban J connectivity index is 0.000000720. The summed E-state index contributed by atoms with van der Waals surface area (Å²) in [7, 11) is 0. The van der Waals surface area contributed by atoms with E-state index in [2.05, 4.69) is 0 Å². The summed E-state index contributed by atoms with van der Waals surface area (Å²) in [5.74, 6) is 0.738. The van der Waals surface area contributed by atoms with Crippen LogP contribution >= 0.6 is 12.4 Å². The summed E-state index contributed by atoms with van der Waals surface area (Å²) in [5.41, 5.74) is 6.12. The van der Waals surface area contributed by atoms with E-state index in [0.717, 1.165) is 18.8 Å². The van der Waals surface area contributed by atoms with Crippen LogP contribution in [0.15, 0.2) is 0 Å². The van der Waals surface area contributed by atoms with Crippen LogP contribution in [0.25, 0.3) is 0 Å².